The fourth-order valence-corrected chi connectivity index (χ4v) is 10.4. The van der Waals surface area contributed by atoms with Crippen LogP contribution < -0.4 is 0 Å². The van der Waals surface area contributed by atoms with Crippen molar-refractivity contribution in [3.63, 3.8) is 0 Å². The van der Waals surface area contributed by atoms with Crippen molar-refractivity contribution < 1.29 is 13.2 Å². The summed E-state index contributed by atoms with van der Waals surface area (Å²) in [5.41, 5.74) is 0.0734. The predicted octanol–water partition coefficient (Wildman–Crippen LogP) is 3.05. The number of sulfone groups is 1. The van der Waals surface area contributed by atoms with Gasteiger partial charge in [0.15, 0.2) is 9.84 Å². The number of epoxide rings is 1. The van der Waals surface area contributed by atoms with Gasteiger partial charge in [0.2, 0.25) is 0 Å². The van der Waals surface area contributed by atoms with Crippen molar-refractivity contribution in [1.82, 2.24) is 0 Å². The van der Waals surface area contributed by atoms with E-state index in [9.17, 15) is 8.42 Å². The summed E-state index contributed by atoms with van der Waals surface area (Å²) < 4.78 is 33.3. The lowest BCUT2D eigenvalue weighted by molar-refractivity contribution is 0.0690. The van der Waals surface area contributed by atoms with Crippen LogP contribution >= 0.6 is 0 Å². The number of ether oxygens (including phenoxy) is 1. The Morgan fingerprint density at radius 1 is 0.875 bits per heavy atom. The number of rotatable bonds is 2. The molecule has 3 nitrogen and oxygen atoms in total. The van der Waals surface area contributed by atoms with E-state index >= 15 is 0 Å². The Hall–Kier alpha value is -0.870. The van der Waals surface area contributed by atoms with Gasteiger partial charge in [0.05, 0.1) is 10.1 Å². The number of hydrogen-bond acceptors (Lipinski definition) is 3. The van der Waals surface area contributed by atoms with E-state index in [0.717, 1.165) is 30.6 Å². The molecule has 0 N–H and O–H groups in total. The summed E-state index contributed by atoms with van der Waals surface area (Å²) in [5, 5.41) is -0.211. The summed E-state index contributed by atoms with van der Waals surface area (Å²) in [6.07, 6.45) is 5.97. The number of hydrogen-bond donors (Lipinski definition) is 0. The maximum absolute atomic E-state index is 13.3. The molecule has 24 heavy (non-hydrogen) atoms. The zero-order chi connectivity index (χ0) is 15.9. The van der Waals surface area contributed by atoms with Crippen LogP contribution in [-0.4, -0.2) is 24.9 Å². The Morgan fingerprint density at radius 2 is 1.58 bits per heavy atom. The van der Waals surface area contributed by atoms with Crippen LogP contribution in [0.2, 0.25) is 0 Å². The molecule has 1 aromatic carbocycles. The minimum absolute atomic E-state index is 0.0387. The second kappa shape index (κ2) is 3.64. The highest BCUT2D eigenvalue weighted by atomic mass is 32.2. The molecular formula is C20H22O3S. The Morgan fingerprint density at radius 3 is 2.33 bits per heavy atom. The monoisotopic (exact) mass is 342 g/mol. The van der Waals surface area contributed by atoms with E-state index < -0.39 is 9.84 Å². The first-order valence-corrected chi connectivity index (χ1v) is 11.1. The smallest absolute Gasteiger partial charge is 0.181 e. The van der Waals surface area contributed by atoms with Crippen LogP contribution in [0.5, 0.6) is 0 Å². The molecule has 0 radical (unpaired) electrons. The average Bonchev–Trinajstić information content (AvgIpc) is 3.48. The number of fused-ring (bicyclic) bond motifs is 3. The molecule has 0 spiro atoms. The van der Waals surface area contributed by atoms with Crippen LogP contribution in [-0.2, 0) is 14.6 Å². The molecule has 1 heterocycles. The molecule has 1 saturated heterocycles. The summed E-state index contributed by atoms with van der Waals surface area (Å²) in [4.78, 5) is 0.510. The highest BCUT2D eigenvalue weighted by molar-refractivity contribution is 7.92. The van der Waals surface area contributed by atoms with Crippen molar-refractivity contribution >= 4 is 9.84 Å². The van der Waals surface area contributed by atoms with Crippen molar-refractivity contribution in [2.75, 3.05) is 0 Å². The number of benzene rings is 1. The van der Waals surface area contributed by atoms with Crippen LogP contribution in [0.4, 0.5) is 0 Å². The molecule has 8 rings (SSSR count). The lowest BCUT2D eigenvalue weighted by Crippen LogP contribution is -2.56. The van der Waals surface area contributed by atoms with Gasteiger partial charge < -0.3 is 4.74 Å². The maximum Gasteiger partial charge on any atom is 0.181 e. The molecular weight excluding hydrogens is 320 g/mol. The van der Waals surface area contributed by atoms with Crippen molar-refractivity contribution in [3.8, 4) is 0 Å². The van der Waals surface area contributed by atoms with Gasteiger partial charge >= 0.3 is 0 Å². The molecule has 1 aliphatic heterocycles. The van der Waals surface area contributed by atoms with Gasteiger partial charge in [-0.3, -0.25) is 0 Å². The Labute approximate surface area is 142 Å². The van der Waals surface area contributed by atoms with Gasteiger partial charge in [0.1, 0.15) is 11.2 Å². The van der Waals surface area contributed by atoms with Crippen LogP contribution in [0, 0.1) is 35.5 Å². The highest BCUT2D eigenvalue weighted by Gasteiger charge is 2.94. The summed E-state index contributed by atoms with van der Waals surface area (Å²) >= 11 is 0. The Kier molecular flexibility index (Phi) is 2.02. The average molecular weight is 342 g/mol. The first-order valence-electron chi connectivity index (χ1n) is 9.60. The SMILES string of the molecule is O=S(=O)(c1ccccc1)[C@@H]1C[C@H]2C[C@H]1[C@]13O[C@@]21[C@H]1CC[C@H]3[C@H]2C[C@H]21. The van der Waals surface area contributed by atoms with Gasteiger partial charge in [0.25, 0.3) is 0 Å². The third kappa shape index (κ3) is 1.13. The largest absolute Gasteiger partial charge is 0.361 e. The zero-order valence-electron chi connectivity index (χ0n) is 13.6. The first kappa shape index (κ1) is 13.3. The zero-order valence-corrected chi connectivity index (χ0v) is 14.4. The van der Waals surface area contributed by atoms with E-state index in [0.29, 0.717) is 16.7 Å². The molecule has 6 saturated carbocycles. The van der Waals surface area contributed by atoms with Crippen molar-refractivity contribution in [1.29, 1.82) is 0 Å². The van der Waals surface area contributed by atoms with Gasteiger partial charge in [-0.2, -0.15) is 0 Å². The summed E-state index contributed by atoms with van der Waals surface area (Å²) in [7, 11) is -3.24. The molecule has 0 unspecified atom stereocenters. The van der Waals surface area contributed by atoms with Crippen LogP contribution in [0.1, 0.15) is 32.1 Å². The van der Waals surface area contributed by atoms with Crippen molar-refractivity contribution in [3.05, 3.63) is 30.3 Å². The van der Waals surface area contributed by atoms with Gasteiger partial charge in [-0.05, 0) is 73.8 Å². The van der Waals surface area contributed by atoms with Gasteiger partial charge in [-0.1, -0.05) is 18.2 Å². The van der Waals surface area contributed by atoms with Crippen LogP contribution in [0.25, 0.3) is 0 Å². The standard InChI is InChI=1S/C20H22O3S/c21-24(22,12-4-2-1-3-5-12)18-9-11-8-17(18)20-16-7-6-15(13-10-14(13)16)19(11,20)23-20/h1-5,11,13-18H,6-10H2/t11-,13-,14+,15+,16+,17-,18-,19-,20+/m1/s1. The lowest BCUT2D eigenvalue weighted by atomic mass is 9.54. The van der Waals surface area contributed by atoms with E-state index in [1.807, 2.05) is 18.2 Å². The summed E-state index contributed by atoms with van der Waals surface area (Å²) in [5.74, 6) is 3.95. The maximum atomic E-state index is 13.3. The predicted molar refractivity (Wildman–Crippen MR) is 88.0 cm³/mol. The molecule has 6 aliphatic carbocycles. The molecule has 7 fully saturated rings. The minimum atomic E-state index is -3.24. The van der Waals surface area contributed by atoms with E-state index in [2.05, 4.69) is 0 Å². The van der Waals surface area contributed by atoms with E-state index in [1.54, 1.807) is 12.1 Å². The topological polar surface area (TPSA) is 46.7 Å². The van der Waals surface area contributed by atoms with E-state index in [1.165, 1.54) is 19.3 Å². The van der Waals surface area contributed by atoms with Gasteiger partial charge in [0, 0.05) is 5.92 Å². The molecule has 0 amide bonds. The first-order chi connectivity index (χ1) is 11.6. The fraction of sp³-hybridized carbons (Fsp3) is 0.700. The lowest BCUT2D eigenvalue weighted by Gasteiger charge is -2.46. The highest BCUT2D eigenvalue weighted by Crippen LogP contribution is 2.87. The molecule has 7 aliphatic rings. The fourth-order valence-electron chi connectivity index (χ4n) is 8.27. The normalized spacial score (nSPS) is 58.1. The Bertz CT molecular complexity index is 864. The molecule has 126 valence electrons. The molecule has 4 bridgehead atoms. The van der Waals surface area contributed by atoms with E-state index in [-0.39, 0.29) is 22.4 Å². The third-order valence-corrected chi connectivity index (χ3v) is 11.1. The third-order valence-electron chi connectivity index (χ3n) is 8.85. The molecule has 9 atom stereocenters. The quantitative estimate of drug-likeness (QED) is 0.776. The molecule has 4 heteroatoms. The Balaban J connectivity index is 1.34. The van der Waals surface area contributed by atoms with Crippen molar-refractivity contribution in [2.24, 2.45) is 35.5 Å². The van der Waals surface area contributed by atoms with Gasteiger partial charge in [-0.25, -0.2) is 8.42 Å². The second-order valence-electron chi connectivity index (χ2n) is 9.21. The molecule has 1 aromatic rings. The van der Waals surface area contributed by atoms with Crippen LogP contribution in [0.15, 0.2) is 35.2 Å². The minimum Gasteiger partial charge on any atom is -0.361 e. The van der Waals surface area contributed by atoms with Gasteiger partial charge in [-0.15, -0.1) is 0 Å². The summed E-state index contributed by atoms with van der Waals surface area (Å²) in [6, 6.07) is 9.11. The van der Waals surface area contributed by atoms with Crippen molar-refractivity contribution in [2.45, 2.75) is 53.5 Å². The van der Waals surface area contributed by atoms with E-state index in [4.69, 9.17) is 4.74 Å². The summed E-state index contributed by atoms with van der Waals surface area (Å²) in [6.45, 7) is 0. The van der Waals surface area contributed by atoms with Crippen LogP contribution in [0.3, 0.4) is 0 Å². The second-order valence-corrected chi connectivity index (χ2v) is 11.4. The molecule has 0 aromatic heterocycles.